The van der Waals surface area contributed by atoms with E-state index in [1.807, 2.05) is 20.8 Å². The molecule has 7 heteroatoms. The van der Waals surface area contributed by atoms with Crippen LogP contribution in [0.15, 0.2) is 21.7 Å². The fourth-order valence-corrected chi connectivity index (χ4v) is 4.07. The molecule has 0 saturated heterocycles. The fraction of sp³-hybridized carbons (Fsp3) is 0.583. The molecule has 1 rings (SSSR count). The first-order chi connectivity index (χ1) is 8.66. The molecule has 0 aliphatic carbocycles. The summed E-state index contributed by atoms with van der Waals surface area (Å²) in [5.41, 5.74) is -0.372. The van der Waals surface area contributed by atoms with Gasteiger partial charge in [-0.1, -0.05) is 13.0 Å². The summed E-state index contributed by atoms with van der Waals surface area (Å²) in [4.78, 5) is 11.8. The molecule has 5 nitrogen and oxygen atoms in total. The number of nitrogens with one attached hydrogen (secondary N) is 1. The molecule has 1 amide bonds. The predicted octanol–water partition coefficient (Wildman–Crippen LogP) is 1.67. The van der Waals surface area contributed by atoms with Gasteiger partial charge in [0, 0.05) is 12.1 Å². The van der Waals surface area contributed by atoms with Crippen molar-refractivity contribution in [3.63, 3.8) is 0 Å². The van der Waals surface area contributed by atoms with Crippen LogP contribution in [0.2, 0.25) is 0 Å². The molecule has 108 valence electrons. The van der Waals surface area contributed by atoms with E-state index in [0.29, 0.717) is 0 Å². The number of carbonyl (C=O) groups is 1. The average molecular weight is 304 g/mol. The predicted molar refractivity (Wildman–Crippen MR) is 76.6 cm³/mol. The van der Waals surface area contributed by atoms with Crippen molar-refractivity contribution < 1.29 is 13.2 Å². The van der Waals surface area contributed by atoms with Crippen LogP contribution in [0, 0.1) is 0 Å². The van der Waals surface area contributed by atoms with Gasteiger partial charge in [0.05, 0.1) is 6.54 Å². The normalized spacial score (nSPS) is 12.7. The molecule has 0 bridgehead atoms. The minimum absolute atomic E-state index is 0.159. The van der Waals surface area contributed by atoms with Crippen molar-refractivity contribution in [2.45, 2.75) is 37.4 Å². The van der Waals surface area contributed by atoms with E-state index in [4.69, 9.17) is 0 Å². The lowest BCUT2D eigenvalue weighted by Crippen LogP contribution is -2.47. The third-order valence-corrected chi connectivity index (χ3v) is 5.57. The second-order valence-corrected chi connectivity index (χ2v) is 8.27. The van der Waals surface area contributed by atoms with Crippen LogP contribution in [0.5, 0.6) is 0 Å². The third kappa shape index (κ3) is 4.59. The number of thiophene rings is 1. The summed E-state index contributed by atoms with van der Waals surface area (Å²) in [5.74, 6) is -0.297. The topological polar surface area (TPSA) is 66.5 Å². The van der Waals surface area contributed by atoms with E-state index in [2.05, 4.69) is 5.32 Å². The highest BCUT2D eigenvalue weighted by Gasteiger charge is 2.27. The van der Waals surface area contributed by atoms with Crippen molar-refractivity contribution in [2.24, 2.45) is 0 Å². The first kappa shape index (κ1) is 16.1. The summed E-state index contributed by atoms with van der Waals surface area (Å²) in [6.45, 7) is 7.39. The fourth-order valence-electron chi connectivity index (χ4n) is 1.52. The van der Waals surface area contributed by atoms with Crippen molar-refractivity contribution in [1.29, 1.82) is 0 Å². The molecule has 0 fully saturated rings. The maximum atomic E-state index is 12.3. The van der Waals surface area contributed by atoms with Gasteiger partial charge in [0.15, 0.2) is 0 Å². The number of hydrogen-bond acceptors (Lipinski definition) is 4. The zero-order valence-corrected chi connectivity index (χ0v) is 13.3. The van der Waals surface area contributed by atoms with E-state index in [0.717, 1.165) is 11.3 Å². The minimum atomic E-state index is -3.57. The summed E-state index contributed by atoms with van der Waals surface area (Å²) < 4.78 is 26.0. The van der Waals surface area contributed by atoms with Gasteiger partial charge in [-0.3, -0.25) is 4.79 Å². The van der Waals surface area contributed by atoms with E-state index < -0.39 is 10.0 Å². The SMILES string of the molecule is CCN(CC(=O)NC(C)(C)C)S(=O)(=O)c1cccs1. The quantitative estimate of drug-likeness (QED) is 0.900. The average Bonchev–Trinajstić information content (AvgIpc) is 2.76. The first-order valence-electron chi connectivity index (χ1n) is 6.01. The molecule has 0 spiro atoms. The zero-order valence-electron chi connectivity index (χ0n) is 11.6. The Labute approximate surface area is 118 Å². The van der Waals surface area contributed by atoms with Gasteiger partial charge in [-0.15, -0.1) is 11.3 Å². The summed E-state index contributed by atoms with van der Waals surface area (Å²) in [7, 11) is -3.57. The molecule has 0 saturated carbocycles. The highest BCUT2D eigenvalue weighted by molar-refractivity contribution is 7.91. The largest absolute Gasteiger partial charge is 0.350 e. The Balaban J connectivity index is 2.82. The molecule has 1 aromatic heterocycles. The number of rotatable bonds is 5. The molecule has 0 aliphatic rings. The summed E-state index contributed by atoms with van der Waals surface area (Å²) in [6.07, 6.45) is 0. The number of nitrogens with zero attached hydrogens (tertiary/aromatic N) is 1. The minimum Gasteiger partial charge on any atom is -0.350 e. The standard InChI is InChI=1S/C12H20N2O3S2/c1-5-14(9-10(15)13-12(2,3)4)19(16,17)11-7-6-8-18-11/h6-8H,5,9H2,1-4H3,(H,13,15). The molecule has 0 radical (unpaired) electrons. The van der Waals surface area contributed by atoms with Crippen molar-refractivity contribution >= 4 is 27.3 Å². The van der Waals surface area contributed by atoms with Gasteiger partial charge in [0.2, 0.25) is 5.91 Å². The van der Waals surface area contributed by atoms with E-state index in [9.17, 15) is 13.2 Å². The van der Waals surface area contributed by atoms with Gasteiger partial charge in [-0.25, -0.2) is 8.42 Å². The zero-order chi connectivity index (χ0) is 14.7. The maximum absolute atomic E-state index is 12.3. The van der Waals surface area contributed by atoms with Gasteiger partial charge in [-0.05, 0) is 32.2 Å². The Bertz CT molecular complexity index is 516. The number of amides is 1. The number of carbonyl (C=O) groups excluding carboxylic acids is 1. The second kappa shape index (κ2) is 6.02. The summed E-state index contributed by atoms with van der Waals surface area (Å²) in [6, 6.07) is 3.23. The molecule has 1 aromatic rings. The lowest BCUT2D eigenvalue weighted by molar-refractivity contribution is -0.122. The Morgan fingerprint density at radius 3 is 2.47 bits per heavy atom. The molecule has 0 unspecified atom stereocenters. The molecule has 19 heavy (non-hydrogen) atoms. The lowest BCUT2D eigenvalue weighted by atomic mass is 10.1. The van der Waals surface area contributed by atoms with Gasteiger partial charge in [0.1, 0.15) is 4.21 Å². The van der Waals surface area contributed by atoms with E-state index in [1.54, 1.807) is 24.4 Å². The number of sulfonamides is 1. The smallest absolute Gasteiger partial charge is 0.253 e. The molecular weight excluding hydrogens is 284 g/mol. The van der Waals surface area contributed by atoms with Crippen LogP contribution in [-0.2, 0) is 14.8 Å². The van der Waals surface area contributed by atoms with Crippen LogP contribution >= 0.6 is 11.3 Å². The number of likely N-dealkylation sites (N-methyl/N-ethyl adjacent to an activating group) is 1. The van der Waals surface area contributed by atoms with Crippen LogP contribution < -0.4 is 5.32 Å². The summed E-state index contributed by atoms with van der Waals surface area (Å²) >= 11 is 1.15. The van der Waals surface area contributed by atoms with Crippen LogP contribution in [0.4, 0.5) is 0 Å². The Kier molecular flexibility index (Phi) is 5.11. The molecule has 0 aliphatic heterocycles. The Hall–Kier alpha value is -0.920. The molecule has 1 N–H and O–H groups in total. The van der Waals surface area contributed by atoms with Crippen LogP contribution in [0.3, 0.4) is 0 Å². The highest BCUT2D eigenvalue weighted by Crippen LogP contribution is 2.20. The number of hydrogen-bond donors (Lipinski definition) is 1. The van der Waals surface area contributed by atoms with E-state index in [1.165, 1.54) is 4.31 Å². The van der Waals surface area contributed by atoms with E-state index in [-0.39, 0.29) is 28.7 Å². The van der Waals surface area contributed by atoms with Gasteiger partial charge >= 0.3 is 0 Å². The molecular formula is C12H20N2O3S2. The van der Waals surface area contributed by atoms with Gasteiger partial charge in [-0.2, -0.15) is 4.31 Å². The molecule has 0 atom stereocenters. The molecule has 0 aromatic carbocycles. The maximum Gasteiger partial charge on any atom is 0.253 e. The highest BCUT2D eigenvalue weighted by atomic mass is 32.2. The summed E-state index contributed by atoms with van der Waals surface area (Å²) in [5, 5.41) is 4.46. The van der Waals surface area contributed by atoms with Crippen molar-refractivity contribution in [1.82, 2.24) is 9.62 Å². The monoisotopic (exact) mass is 304 g/mol. The third-order valence-electron chi connectivity index (χ3n) is 2.28. The van der Waals surface area contributed by atoms with Crippen LogP contribution in [0.1, 0.15) is 27.7 Å². The Morgan fingerprint density at radius 1 is 1.42 bits per heavy atom. The van der Waals surface area contributed by atoms with Crippen LogP contribution in [0.25, 0.3) is 0 Å². The van der Waals surface area contributed by atoms with Crippen LogP contribution in [-0.4, -0.2) is 37.3 Å². The van der Waals surface area contributed by atoms with Crippen molar-refractivity contribution in [3.05, 3.63) is 17.5 Å². The lowest BCUT2D eigenvalue weighted by Gasteiger charge is -2.24. The molecule has 1 heterocycles. The second-order valence-electron chi connectivity index (χ2n) is 5.16. The van der Waals surface area contributed by atoms with Gasteiger partial charge in [0.25, 0.3) is 10.0 Å². The Morgan fingerprint density at radius 2 is 2.05 bits per heavy atom. The van der Waals surface area contributed by atoms with Crippen molar-refractivity contribution in [3.8, 4) is 0 Å². The van der Waals surface area contributed by atoms with E-state index >= 15 is 0 Å². The first-order valence-corrected chi connectivity index (χ1v) is 8.33. The van der Waals surface area contributed by atoms with Crippen molar-refractivity contribution in [2.75, 3.05) is 13.1 Å². The van der Waals surface area contributed by atoms with Gasteiger partial charge < -0.3 is 5.32 Å².